The lowest BCUT2D eigenvalue weighted by Crippen LogP contribution is -2.37. The van der Waals surface area contributed by atoms with E-state index in [-0.39, 0.29) is 23.0 Å². The van der Waals surface area contributed by atoms with Gasteiger partial charge < -0.3 is 5.32 Å². The molecule has 1 aliphatic rings. The van der Waals surface area contributed by atoms with E-state index in [9.17, 15) is 9.59 Å². The Morgan fingerprint density at radius 2 is 2.11 bits per heavy atom. The van der Waals surface area contributed by atoms with Crippen molar-refractivity contribution in [2.75, 3.05) is 12.0 Å². The van der Waals surface area contributed by atoms with Crippen LogP contribution < -0.4 is 5.32 Å². The third kappa shape index (κ3) is 5.65. The van der Waals surface area contributed by atoms with Crippen molar-refractivity contribution in [3.05, 3.63) is 0 Å². The number of hydrogen-bond donors (Lipinski definition) is 1. The molecule has 0 aromatic rings. The van der Waals surface area contributed by atoms with Crippen molar-refractivity contribution in [2.24, 2.45) is 5.92 Å². The van der Waals surface area contributed by atoms with Gasteiger partial charge in [0.15, 0.2) is 5.12 Å². The Labute approximate surface area is 118 Å². The average molecular weight is 289 g/mol. The Morgan fingerprint density at radius 1 is 1.39 bits per heavy atom. The van der Waals surface area contributed by atoms with Gasteiger partial charge in [-0.15, -0.1) is 0 Å². The molecule has 1 saturated carbocycles. The molecule has 1 rings (SSSR count). The predicted molar refractivity (Wildman–Crippen MR) is 80.0 cm³/mol. The molecule has 104 valence electrons. The first kappa shape index (κ1) is 15.9. The second-order valence-electron chi connectivity index (χ2n) is 4.93. The van der Waals surface area contributed by atoms with E-state index in [0.717, 1.165) is 31.4 Å². The van der Waals surface area contributed by atoms with Crippen LogP contribution in [0.1, 0.15) is 39.5 Å². The van der Waals surface area contributed by atoms with Crippen molar-refractivity contribution in [1.82, 2.24) is 5.32 Å². The molecule has 5 heteroatoms. The zero-order valence-corrected chi connectivity index (χ0v) is 13.0. The highest BCUT2D eigenvalue weighted by Crippen LogP contribution is 2.30. The number of thioether (sulfide) groups is 2. The number of rotatable bonds is 6. The Morgan fingerprint density at radius 3 is 2.72 bits per heavy atom. The van der Waals surface area contributed by atoms with Gasteiger partial charge in [-0.2, -0.15) is 11.8 Å². The molecular formula is C13H23NO2S2. The maximum absolute atomic E-state index is 11.9. The first-order chi connectivity index (χ1) is 8.52. The standard InChI is InChI=1S/C13H23NO2S2/c1-9(6-7-17-3)13(16)14-11-4-5-12(8-11)18-10(2)15/h9,11-12H,4-8H2,1-3H3,(H,14,16)/t9-,11?,12?/m0/s1. The summed E-state index contributed by atoms with van der Waals surface area (Å²) < 4.78 is 0. The summed E-state index contributed by atoms with van der Waals surface area (Å²) in [5.41, 5.74) is 0. The number of nitrogens with one attached hydrogen (secondary N) is 1. The van der Waals surface area contributed by atoms with Crippen LogP contribution in [0.2, 0.25) is 0 Å². The number of carbonyl (C=O) groups excluding carboxylic acids is 2. The zero-order chi connectivity index (χ0) is 13.5. The molecule has 0 bridgehead atoms. The number of carbonyl (C=O) groups is 2. The van der Waals surface area contributed by atoms with Gasteiger partial charge in [0.2, 0.25) is 5.91 Å². The fraction of sp³-hybridized carbons (Fsp3) is 0.846. The summed E-state index contributed by atoms with van der Waals surface area (Å²) in [5.74, 6) is 1.29. The van der Waals surface area contributed by atoms with Crippen LogP contribution in [0.5, 0.6) is 0 Å². The molecule has 0 heterocycles. The quantitative estimate of drug-likeness (QED) is 0.816. The molecule has 1 aliphatic carbocycles. The van der Waals surface area contributed by atoms with Gasteiger partial charge in [0.05, 0.1) is 0 Å². The second-order valence-corrected chi connectivity index (χ2v) is 7.40. The lowest BCUT2D eigenvalue weighted by molar-refractivity contribution is -0.125. The van der Waals surface area contributed by atoms with Gasteiger partial charge in [-0.25, -0.2) is 0 Å². The van der Waals surface area contributed by atoms with Gasteiger partial charge >= 0.3 is 0 Å². The highest BCUT2D eigenvalue weighted by atomic mass is 32.2. The molecule has 1 fully saturated rings. The van der Waals surface area contributed by atoms with Crippen LogP contribution in [0.15, 0.2) is 0 Å². The molecule has 3 nitrogen and oxygen atoms in total. The molecule has 0 radical (unpaired) electrons. The lowest BCUT2D eigenvalue weighted by atomic mass is 10.1. The van der Waals surface area contributed by atoms with Crippen molar-refractivity contribution < 1.29 is 9.59 Å². The summed E-state index contributed by atoms with van der Waals surface area (Å²) in [6, 6.07) is 0.270. The third-order valence-electron chi connectivity index (χ3n) is 3.27. The molecule has 0 saturated heterocycles. The topological polar surface area (TPSA) is 46.2 Å². The van der Waals surface area contributed by atoms with E-state index in [1.807, 2.05) is 6.92 Å². The van der Waals surface area contributed by atoms with E-state index >= 15 is 0 Å². The van der Waals surface area contributed by atoms with Crippen molar-refractivity contribution in [2.45, 2.75) is 50.8 Å². The average Bonchev–Trinajstić information content (AvgIpc) is 2.72. The van der Waals surface area contributed by atoms with E-state index in [1.54, 1.807) is 18.7 Å². The second kappa shape index (κ2) is 8.10. The molecular weight excluding hydrogens is 266 g/mol. The van der Waals surface area contributed by atoms with Crippen LogP contribution in [-0.2, 0) is 9.59 Å². The highest BCUT2D eigenvalue weighted by Gasteiger charge is 2.28. The van der Waals surface area contributed by atoms with Crippen molar-refractivity contribution in [3.63, 3.8) is 0 Å². The first-order valence-corrected chi connectivity index (χ1v) is 8.76. The van der Waals surface area contributed by atoms with Gasteiger partial charge in [0, 0.05) is 24.1 Å². The maximum Gasteiger partial charge on any atom is 0.223 e. The Balaban J connectivity index is 2.27. The van der Waals surface area contributed by atoms with Crippen molar-refractivity contribution in [1.29, 1.82) is 0 Å². The van der Waals surface area contributed by atoms with E-state index < -0.39 is 0 Å². The monoisotopic (exact) mass is 289 g/mol. The van der Waals surface area contributed by atoms with Crippen LogP contribution in [0.4, 0.5) is 0 Å². The van der Waals surface area contributed by atoms with Crippen LogP contribution >= 0.6 is 23.5 Å². The molecule has 1 N–H and O–H groups in total. The van der Waals surface area contributed by atoms with Gasteiger partial charge in [-0.3, -0.25) is 9.59 Å². The zero-order valence-electron chi connectivity index (χ0n) is 11.4. The minimum absolute atomic E-state index is 0.0944. The lowest BCUT2D eigenvalue weighted by Gasteiger charge is -2.16. The molecule has 2 unspecified atom stereocenters. The molecule has 0 aromatic heterocycles. The normalized spacial score (nSPS) is 24.8. The summed E-state index contributed by atoms with van der Waals surface area (Å²) in [5, 5.41) is 3.70. The molecule has 0 spiro atoms. The Kier molecular flexibility index (Phi) is 7.15. The Bertz CT molecular complexity index is 297. The minimum Gasteiger partial charge on any atom is -0.353 e. The van der Waals surface area contributed by atoms with Crippen LogP contribution in [0, 0.1) is 5.92 Å². The van der Waals surface area contributed by atoms with Crippen LogP contribution in [0.3, 0.4) is 0 Å². The van der Waals surface area contributed by atoms with Gasteiger partial charge in [0.1, 0.15) is 0 Å². The predicted octanol–water partition coefficient (Wildman–Crippen LogP) is 2.69. The van der Waals surface area contributed by atoms with Gasteiger partial charge in [-0.05, 0) is 37.7 Å². The highest BCUT2D eigenvalue weighted by molar-refractivity contribution is 8.14. The van der Waals surface area contributed by atoms with E-state index in [0.29, 0.717) is 5.25 Å². The van der Waals surface area contributed by atoms with Gasteiger partial charge in [0.25, 0.3) is 0 Å². The summed E-state index contributed by atoms with van der Waals surface area (Å²) in [6.07, 6.45) is 5.97. The fourth-order valence-electron chi connectivity index (χ4n) is 2.18. The molecule has 1 amide bonds. The number of hydrogen-bond acceptors (Lipinski definition) is 4. The summed E-state index contributed by atoms with van der Waals surface area (Å²) in [4.78, 5) is 23.0. The summed E-state index contributed by atoms with van der Waals surface area (Å²) in [6.45, 7) is 3.60. The SMILES string of the molecule is CSCC[C@H](C)C(=O)NC1CCC(SC(C)=O)C1. The molecule has 3 atom stereocenters. The fourth-order valence-corrected chi connectivity index (χ4v) is 3.82. The summed E-state index contributed by atoms with van der Waals surface area (Å²) in [7, 11) is 0. The van der Waals surface area contributed by atoms with Crippen molar-refractivity contribution in [3.8, 4) is 0 Å². The Hall–Kier alpha value is -0.160. The van der Waals surface area contributed by atoms with E-state index in [2.05, 4.69) is 11.6 Å². The van der Waals surface area contributed by atoms with E-state index in [1.165, 1.54) is 11.8 Å². The van der Waals surface area contributed by atoms with Crippen LogP contribution in [-0.4, -0.2) is 34.3 Å². The van der Waals surface area contributed by atoms with Crippen molar-refractivity contribution >= 4 is 34.5 Å². The molecule has 0 aliphatic heterocycles. The van der Waals surface area contributed by atoms with Gasteiger partial charge in [-0.1, -0.05) is 18.7 Å². The number of amides is 1. The third-order valence-corrected chi connectivity index (χ3v) is 5.00. The first-order valence-electron chi connectivity index (χ1n) is 6.49. The molecule has 18 heavy (non-hydrogen) atoms. The minimum atomic E-state index is 0.0944. The largest absolute Gasteiger partial charge is 0.353 e. The van der Waals surface area contributed by atoms with E-state index in [4.69, 9.17) is 0 Å². The smallest absolute Gasteiger partial charge is 0.223 e. The molecule has 0 aromatic carbocycles. The maximum atomic E-state index is 11.9. The van der Waals surface area contributed by atoms with Crippen LogP contribution in [0.25, 0.3) is 0 Å². The summed E-state index contributed by atoms with van der Waals surface area (Å²) >= 11 is 3.20.